The average molecular weight is 531 g/mol. The maximum absolute atomic E-state index is 13.9. The summed E-state index contributed by atoms with van der Waals surface area (Å²) in [5, 5.41) is 15.0. The normalized spacial score (nSPS) is 15.5. The minimum Gasteiger partial charge on any atom is -0.493 e. The molecular weight excluding hydrogens is 510 g/mol. The molecule has 2 N–H and O–H groups in total. The van der Waals surface area contributed by atoms with Crippen molar-refractivity contribution in [3.05, 3.63) is 80.5 Å². The van der Waals surface area contributed by atoms with E-state index < -0.39 is 17.5 Å². The van der Waals surface area contributed by atoms with E-state index in [2.05, 4.69) is 10.3 Å². The Labute approximate surface area is 215 Å². The van der Waals surface area contributed by atoms with Gasteiger partial charge < -0.3 is 15.2 Å². The number of rotatable bonds is 4. The number of aromatic nitrogens is 1. The number of nitrogens with one attached hydrogen (secondary N) is 1. The molecule has 0 bridgehead atoms. The molecule has 5 rings (SSSR count). The fraction of sp³-hybridized carbons (Fsp3) is 0.231. The molecule has 1 aliphatic heterocycles. The lowest BCUT2D eigenvalue weighted by Crippen LogP contribution is -2.33. The molecule has 0 saturated carbocycles. The third kappa shape index (κ3) is 4.61. The van der Waals surface area contributed by atoms with Gasteiger partial charge in [0.1, 0.15) is 16.4 Å². The zero-order valence-corrected chi connectivity index (χ0v) is 21.2. The SMILES string of the molecule is CC(C)(O)c1c(C(=O)N[C@H]2CCOc3ccc(F)cc32)sc2c(-c3cc(Cl)cc(Cl)c3)ccnc12. The third-order valence-electron chi connectivity index (χ3n) is 5.88. The van der Waals surface area contributed by atoms with Gasteiger partial charge in [-0.1, -0.05) is 23.2 Å². The third-order valence-corrected chi connectivity index (χ3v) is 7.53. The van der Waals surface area contributed by atoms with Crippen LogP contribution in [-0.2, 0) is 5.60 Å². The van der Waals surface area contributed by atoms with Crippen molar-refractivity contribution in [1.82, 2.24) is 10.3 Å². The summed E-state index contributed by atoms with van der Waals surface area (Å²) in [7, 11) is 0. The van der Waals surface area contributed by atoms with Crippen LogP contribution in [0.15, 0.2) is 48.7 Å². The molecule has 0 saturated heterocycles. The van der Waals surface area contributed by atoms with Crippen LogP contribution < -0.4 is 10.1 Å². The molecule has 2 aromatic heterocycles. The molecule has 0 radical (unpaired) electrons. The van der Waals surface area contributed by atoms with Gasteiger partial charge in [-0.25, -0.2) is 4.39 Å². The summed E-state index contributed by atoms with van der Waals surface area (Å²) in [6, 6.07) is 10.9. The fourth-order valence-electron chi connectivity index (χ4n) is 4.39. The lowest BCUT2D eigenvalue weighted by Gasteiger charge is -2.27. The number of hydrogen-bond acceptors (Lipinski definition) is 5. The van der Waals surface area contributed by atoms with E-state index in [-0.39, 0.29) is 5.91 Å². The van der Waals surface area contributed by atoms with Gasteiger partial charge in [-0.2, -0.15) is 0 Å². The Morgan fingerprint density at radius 1 is 1.20 bits per heavy atom. The second-order valence-corrected chi connectivity index (χ2v) is 10.8. The van der Waals surface area contributed by atoms with E-state index >= 15 is 0 Å². The van der Waals surface area contributed by atoms with Gasteiger partial charge in [-0.3, -0.25) is 9.78 Å². The van der Waals surface area contributed by atoms with E-state index in [0.717, 1.165) is 15.8 Å². The van der Waals surface area contributed by atoms with Crippen molar-refractivity contribution in [2.75, 3.05) is 6.61 Å². The lowest BCUT2D eigenvalue weighted by atomic mass is 9.95. The molecule has 35 heavy (non-hydrogen) atoms. The van der Waals surface area contributed by atoms with Crippen molar-refractivity contribution < 1.29 is 19.0 Å². The number of aliphatic hydroxyl groups is 1. The van der Waals surface area contributed by atoms with Crippen LogP contribution in [0.3, 0.4) is 0 Å². The van der Waals surface area contributed by atoms with Crippen LogP contribution in [0.1, 0.15) is 47.1 Å². The van der Waals surface area contributed by atoms with Crippen LogP contribution in [0, 0.1) is 5.82 Å². The number of carbonyl (C=O) groups is 1. The number of ether oxygens (including phenoxy) is 1. The minimum absolute atomic E-state index is 0.338. The van der Waals surface area contributed by atoms with Gasteiger partial charge in [0.15, 0.2) is 0 Å². The maximum atomic E-state index is 13.9. The first-order chi connectivity index (χ1) is 16.6. The van der Waals surface area contributed by atoms with Crippen molar-refractivity contribution in [2.24, 2.45) is 0 Å². The van der Waals surface area contributed by atoms with Crippen LogP contribution in [0.2, 0.25) is 10.0 Å². The smallest absolute Gasteiger partial charge is 0.262 e. The molecule has 5 nitrogen and oxygen atoms in total. The molecule has 2 aromatic carbocycles. The Bertz CT molecular complexity index is 1440. The summed E-state index contributed by atoms with van der Waals surface area (Å²) in [5.74, 6) is -0.229. The van der Waals surface area contributed by atoms with Crippen LogP contribution in [0.4, 0.5) is 4.39 Å². The molecule has 180 valence electrons. The Hall–Kier alpha value is -2.71. The topological polar surface area (TPSA) is 71.5 Å². The summed E-state index contributed by atoms with van der Waals surface area (Å²) in [6.45, 7) is 3.64. The van der Waals surface area contributed by atoms with Gasteiger partial charge in [0.05, 0.1) is 28.5 Å². The highest BCUT2D eigenvalue weighted by molar-refractivity contribution is 7.21. The molecule has 0 fully saturated rings. The molecule has 1 amide bonds. The highest BCUT2D eigenvalue weighted by Crippen LogP contribution is 2.43. The highest BCUT2D eigenvalue weighted by Gasteiger charge is 2.33. The average Bonchev–Trinajstić information content (AvgIpc) is 3.19. The van der Waals surface area contributed by atoms with Crippen LogP contribution in [0.25, 0.3) is 21.3 Å². The molecule has 4 aromatic rings. The van der Waals surface area contributed by atoms with Crippen molar-refractivity contribution in [3.8, 4) is 16.9 Å². The van der Waals surface area contributed by atoms with Crippen molar-refractivity contribution in [1.29, 1.82) is 0 Å². The zero-order valence-electron chi connectivity index (χ0n) is 18.9. The standard InChI is InChI=1S/C26H21Cl2FN2O3S/c1-26(2,33)21-22-23(17(5-7-30-22)13-9-14(27)11-15(28)10-13)35-24(21)25(32)31-19-6-8-34-20-4-3-16(29)12-18(19)20/h3-5,7,9-12,19,33H,6,8H2,1-2H3,(H,31,32)/t19-/m0/s1. The second-order valence-electron chi connectivity index (χ2n) is 8.90. The number of amides is 1. The van der Waals surface area contributed by atoms with Crippen LogP contribution >= 0.6 is 34.5 Å². The van der Waals surface area contributed by atoms with Gasteiger partial charge in [0.2, 0.25) is 0 Å². The van der Waals surface area contributed by atoms with Gasteiger partial charge in [-0.15, -0.1) is 11.3 Å². The number of benzene rings is 2. The first-order valence-corrected chi connectivity index (χ1v) is 12.5. The Morgan fingerprint density at radius 3 is 2.66 bits per heavy atom. The van der Waals surface area contributed by atoms with E-state index in [0.29, 0.717) is 50.3 Å². The zero-order chi connectivity index (χ0) is 24.9. The number of carbonyl (C=O) groups excluding carboxylic acids is 1. The molecule has 3 heterocycles. The first kappa shape index (κ1) is 24.0. The lowest BCUT2D eigenvalue weighted by molar-refractivity contribution is 0.0760. The maximum Gasteiger partial charge on any atom is 0.262 e. The van der Waals surface area contributed by atoms with Crippen molar-refractivity contribution >= 4 is 50.7 Å². The number of hydrogen-bond donors (Lipinski definition) is 2. The highest BCUT2D eigenvalue weighted by atomic mass is 35.5. The monoisotopic (exact) mass is 530 g/mol. The van der Waals surface area contributed by atoms with Crippen LogP contribution in [0.5, 0.6) is 5.75 Å². The number of halogens is 3. The summed E-state index contributed by atoms with van der Waals surface area (Å²) in [4.78, 5) is 18.4. The van der Waals surface area contributed by atoms with E-state index in [4.69, 9.17) is 27.9 Å². The molecular formula is C26H21Cl2FN2O3S. The molecule has 0 aliphatic carbocycles. The summed E-state index contributed by atoms with van der Waals surface area (Å²) >= 11 is 13.7. The summed E-state index contributed by atoms with van der Waals surface area (Å²) < 4.78 is 20.3. The van der Waals surface area contributed by atoms with E-state index in [1.54, 1.807) is 44.3 Å². The Kier molecular flexibility index (Phi) is 6.21. The number of nitrogens with zero attached hydrogens (tertiary/aromatic N) is 1. The first-order valence-electron chi connectivity index (χ1n) is 11.0. The summed E-state index contributed by atoms with van der Waals surface area (Å²) in [6.07, 6.45) is 2.13. The quantitative estimate of drug-likeness (QED) is 0.301. The van der Waals surface area contributed by atoms with Crippen molar-refractivity contribution in [3.63, 3.8) is 0 Å². The molecule has 9 heteroatoms. The van der Waals surface area contributed by atoms with Gasteiger partial charge >= 0.3 is 0 Å². The van der Waals surface area contributed by atoms with Crippen molar-refractivity contribution in [2.45, 2.75) is 31.9 Å². The number of pyridine rings is 1. The fourth-order valence-corrected chi connectivity index (χ4v) is 6.27. The second kappa shape index (κ2) is 9.06. The Balaban J connectivity index is 1.62. The predicted molar refractivity (Wildman–Crippen MR) is 137 cm³/mol. The van der Waals surface area contributed by atoms with Crippen LogP contribution in [-0.4, -0.2) is 22.6 Å². The molecule has 0 unspecified atom stereocenters. The largest absolute Gasteiger partial charge is 0.493 e. The van der Waals surface area contributed by atoms with E-state index in [1.165, 1.54) is 23.5 Å². The molecule has 1 aliphatic rings. The van der Waals surface area contributed by atoms with Gasteiger partial charge in [0.25, 0.3) is 5.91 Å². The number of fused-ring (bicyclic) bond motifs is 2. The molecule has 1 atom stereocenters. The van der Waals surface area contributed by atoms with E-state index in [1.807, 2.05) is 6.07 Å². The Morgan fingerprint density at radius 2 is 1.94 bits per heavy atom. The predicted octanol–water partition coefficient (Wildman–Crippen LogP) is 6.89. The van der Waals surface area contributed by atoms with Gasteiger partial charge in [-0.05, 0) is 61.9 Å². The van der Waals surface area contributed by atoms with Gasteiger partial charge in [0, 0.05) is 39.4 Å². The van der Waals surface area contributed by atoms with E-state index in [9.17, 15) is 14.3 Å². The number of thiophene rings is 1. The molecule has 0 spiro atoms. The minimum atomic E-state index is -1.35. The summed E-state index contributed by atoms with van der Waals surface area (Å²) in [5.41, 5.74) is 1.77.